The number of rotatable bonds is 7. The molecule has 174 valence electrons. The van der Waals surface area contributed by atoms with Gasteiger partial charge in [-0.25, -0.2) is 4.98 Å². The van der Waals surface area contributed by atoms with Crippen molar-refractivity contribution in [2.45, 2.75) is 26.0 Å². The minimum absolute atomic E-state index is 0.0953. The molecule has 0 atom stereocenters. The maximum atomic E-state index is 12.5. The largest absolute Gasteiger partial charge is 0.435 e. The highest BCUT2D eigenvalue weighted by Gasteiger charge is 2.16. The number of nitrogens with two attached hydrogens (primary N) is 1. The summed E-state index contributed by atoms with van der Waals surface area (Å²) in [4.78, 5) is 6.98. The topological polar surface area (TPSA) is 104 Å². The highest BCUT2D eigenvalue weighted by Crippen LogP contribution is 2.27. The van der Waals surface area contributed by atoms with Crippen LogP contribution in [-0.2, 0) is 6.54 Å². The lowest BCUT2D eigenvalue weighted by Gasteiger charge is -2.11. The fourth-order valence-corrected chi connectivity index (χ4v) is 4.27. The third-order valence-corrected chi connectivity index (χ3v) is 6.01. The van der Waals surface area contributed by atoms with Crippen LogP contribution in [0, 0.1) is 5.41 Å². The van der Waals surface area contributed by atoms with E-state index in [2.05, 4.69) is 24.8 Å². The number of anilines is 1. The minimum Gasteiger partial charge on any atom is -0.435 e. The second-order valence-corrected chi connectivity index (χ2v) is 8.37. The number of benzene rings is 3. The number of nitrogens with zero attached hydrogens (tertiary/aromatic N) is 3. The first-order valence-corrected chi connectivity index (χ1v) is 11.1. The molecule has 7 nitrogen and oxygen atoms in total. The van der Waals surface area contributed by atoms with Crippen LogP contribution in [0.3, 0.4) is 0 Å². The van der Waals surface area contributed by atoms with Gasteiger partial charge in [-0.1, -0.05) is 18.2 Å². The first kappa shape index (κ1) is 22.0. The molecule has 0 bridgehead atoms. The minimum atomic E-state index is -2.87. The van der Waals surface area contributed by atoms with E-state index < -0.39 is 6.61 Å². The molecule has 1 aliphatic heterocycles. The number of fused-ring (bicyclic) bond motifs is 1. The van der Waals surface area contributed by atoms with E-state index in [0.717, 1.165) is 41.8 Å². The third kappa shape index (κ3) is 4.60. The molecule has 1 fully saturated rings. The molecule has 4 N–H and O–H groups in total. The molecule has 5 rings (SSSR count). The molecule has 0 spiro atoms. The van der Waals surface area contributed by atoms with Crippen LogP contribution in [0.1, 0.15) is 29.8 Å². The molecule has 0 amide bonds. The van der Waals surface area contributed by atoms with E-state index >= 15 is 0 Å². The summed E-state index contributed by atoms with van der Waals surface area (Å²) in [5.41, 5.74) is 8.94. The Kier molecular flexibility index (Phi) is 5.93. The Labute approximate surface area is 195 Å². The molecule has 9 heteroatoms. The zero-order valence-corrected chi connectivity index (χ0v) is 18.4. The van der Waals surface area contributed by atoms with Crippen molar-refractivity contribution >= 4 is 22.2 Å². The number of aromatic nitrogens is 3. The number of ether oxygens (including phenoxy) is 1. The van der Waals surface area contributed by atoms with Gasteiger partial charge in [-0.15, -0.1) is 0 Å². The number of halogens is 2. The summed E-state index contributed by atoms with van der Waals surface area (Å²) in [5.74, 6) is 1.47. The fourth-order valence-electron chi connectivity index (χ4n) is 4.27. The maximum absolute atomic E-state index is 12.5. The van der Waals surface area contributed by atoms with Crippen molar-refractivity contribution in [2.75, 3.05) is 18.8 Å². The number of hydrogen-bond donors (Lipinski definition) is 3. The molecule has 2 heterocycles. The van der Waals surface area contributed by atoms with Crippen molar-refractivity contribution in [3.05, 3.63) is 71.5 Å². The Hall–Kier alpha value is -3.85. The van der Waals surface area contributed by atoms with Crippen molar-refractivity contribution in [1.82, 2.24) is 20.1 Å². The number of alkyl halides is 2. The normalized spacial score (nSPS) is 14.2. The molecule has 4 aromatic rings. The van der Waals surface area contributed by atoms with E-state index in [4.69, 9.17) is 11.1 Å². The van der Waals surface area contributed by atoms with Gasteiger partial charge in [0.1, 0.15) is 11.6 Å². The average molecular weight is 463 g/mol. The van der Waals surface area contributed by atoms with Crippen LogP contribution in [0.25, 0.3) is 22.2 Å². The lowest BCUT2D eigenvalue weighted by atomic mass is 9.96. The van der Waals surface area contributed by atoms with Gasteiger partial charge >= 0.3 is 6.61 Å². The van der Waals surface area contributed by atoms with Gasteiger partial charge in [0.2, 0.25) is 0 Å². The number of hydrogen-bond acceptors (Lipinski definition) is 6. The Bertz CT molecular complexity index is 1350. The third-order valence-electron chi connectivity index (χ3n) is 6.01. The van der Waals surface area contributed by atoms with E-state index in [1.165, 1.54) is 18.9 Å². The monoisotopic (exact) mass is 462 g/mol. The first-order valence-electron chi connectivity index (χ1n) is 11.1. The van der Waals surface area contributed by atoms with Crippen LogP contribution in [0.4, 0.5) is 14.5 Å². The van der Waals surface area contributed by atoms with Crippen LogP contribution in [0.2, 0.25) is 0 Å². The SMILES string of the molecule is N=C(c1ccc2cc(OC(F)F)ccc2c1)c1cc(-c2n[nH]c(CN3CCCC3)n2)ccc1N. The van der Waals surface area contributed by atoms with Gasteiger partial charge in [0.05, 0.1) is 12.3 Å². The second-order valence-electron chi connectivity index (χ2n) is 8.37. The Morgan fingerprint density at radius 1 is 1.06 bits per heavy atom. The van der Waals surface area contributed by atoms with Gasteiger partial charge in [0.15, 0.2) is 5.82 Å². The summed E-state index contributed by atoms with van der Waals surface area (Å²) in [5, 5.41) is 17.7. The molecule has 0 saturated carbocycles. The summed E-state index contributed by atoms with van der Waals surface area (Å²) in [6, 6.07) is 15.5. The van der Waals surface area contributed by atoms with Crippen molar-refractivity contribution in [2.24, 2.45) is 0 Å². The maximum Gasteiger partial charge on any atom is 0.387 e. The number of nitrogens with one attached hydrogen (secondary N) is 2. The molecule has 1 aromatic heterocycles. The van der Waals surface area contributed by atoms with E-state index in [1.807, 2.05) is 18.2 Å². The number of nitrogen functional groups attached to an aromatic ring is 1. The van der Waals surface area contributed by atoms with E-state index in [0.29, 0.717) is 22.6 Å². The Morgan fingerprint density at radius 3 is 2.62 bits per heavy atom. The molecule has 1 aliphatic rings. The zero-order chi connectivity index (χ0) is 23.7. The van der Waals surface area contributed by atoms with Crippen LogP contribution in [0.15, 0.2) is 54.6 Å². The van der Waals surface area contributed by atoms with Crippen molar-refractivity contribution in [3.63, 3.8) is 0 Å². The molecule has 0 unspecified atom stereocenters. The average Bonchev–Trinajstić information content (AvgIpc) is 3.51. The van der Waals surface area contributed by atoms with E-state index in [1.54, 1.807) is 30.3 Å². The van der Waals surface area contributed by atoms with Crippen molar-refractivity contribution < 1.29 is 13.5 Å². The standard InChI is InChI=1S/C25H24F2N6O/c26-25(27)34-19-7-5-15-11-17(4-3-16(15)12-19)23(29)20-13-18(6-8-21(20)28)24-30-22(31-32-24)14-33-9-1-2-10-33/h3-8,11-13,25,29H,1-2,9-10,14,28H2,(H,30,31,32). The Morgan fingerprint density at radius 2 is 1.82 bits per heavy atom. The number of likely N-dealkylation sites (tertiary alicyclic amines) is 1. The van der Waals surface area contributed by atoms with Crippen molar-refractivity contribution in [3.8, 4) is 17.1 Å². The molecule has 1 saturated heterocycles. The predicted molar refractivity (Wildman–Crippen MR) is 127 cm³/mol. The van der Waals surface area contributed by atoms with E-state index in [9.17, 15) is 8.78 Å². The number of aromatic amines is 1. The summed E-state index contributed by atoms with van der Waals surface area (Å²) in [6.45, 7) is 0.0172. The molecule has 3 aromatic carbocycles. The highest BCUT2D eigenvalue weighted by atomic mass is 19.3. The van der Waals surface area contributed by atoms with Crippen LogP contribution in [-0.4, -0.2) is 45.5 Å². The van der Waals surface area contributed by atoms with Gasteiger partial charge in [0, 0.05) is 22.4 Å². The fraction of sp³-hybridized carbons (Fsp3) is 0.240. The van der Waals surface area contributed by atoms with Crippen molar-refractivity contribution in [1.29, 1.82) is 5.41 Å². The van der Waals surface area contributed by atoms with Gasteiger partial charge < -0.3 is 10.5 Å². The lowest BCUT2D eigenvalue weighted by molar-refractivity contribution is -0.0497. The van der Waals surface area contributed by atoms with Crippen LogP contribution >= 0.6 is 0 Å². The second kappa shape index (κ2) is 9.18. The van der Waals surface area contributed by atoms with Gasteiger partial charge in [0.25, 0.3) is 0 Å². The molecular weight excluding hydrogens is 438 g/mol. The van der Waals surface area contributed by atoms with E-state index in [-0.39, 0.29) is 11.5 Å². The molecular formula is C25H24F2N6O. The summed E-state index contributed by atoms with van der Waals surface area (Å²) in [7, 11) is 0. The van der Waals surface area contributed by atoms with Crippen LogP contribution < -0.4 is 10.5 Å². The number of H-pyrrole nitrogens is 1. The smallest absolute Gasteiger partial charge is 0.387 e. The molecule has 34 heavy (non-hydrogen) atoms. The zero-order valence-electron chi connectivity index (χ0n) is 18.4. The lowest BCUT2D eigenvalue weighted by Crippen LogP contribution is -2.19. The van der Waals surface area contributed by atoms with Gasteiger partial charge in [-0.3, -0.25) is 15.4 Å². The highest BCUT2D eigenvalue weighted by molar-refractivity contribution is 6.15. The van der Waals surface area contributed by atoms with Gasteiger partial charge in [-0.2, -0.15) is 13.9 Å². The molecule has 0 radical (unpaired) electrons. The quantitative estimate of drug-likeness (QED) is 0.270. The predicted octanol–water partition coefficient (Wildman–Crippen LogP) is 4.82. The summed E-state index contributed by atoms with van der Waals surface area (Å²) >= 11 is 0. The van der Waals surface area contributed by atoms with Gasteiger partial charge in [-0.05, 0) is 73.1 Å². The van der Waals surface area contributed by atoms with Crippen LogP contribution in [0.5, 0.6) is 5.75 Å². The summed E-state index contributed by atoms with van der Waals surface area (Å²) < 4.78 is 29.4. The Balaban J connectivity index is 1.40. The molecule has 0 aliphatic carbocycles. The first-order chi connectivity index (χ1) is 16.5. The summed E-state index contributed by atoms with van der Waals surface area (Å²) in [6.07, 6.45) is 2.42.